The SMILES string of the molecule is CC1CCC(C(=O)N(c2cc(C(C)(C)C)sc2C(=O)O)C2CCC(Oc3ccc(Cl)nn3)CC2)CC1. The summed E-state index contributed by atoms with van der Waals surface area (Å²) in [5.74, 6) is 0.121. The van der Waals surface area contributed by atoms with Crippen molar-refractivity contribution in [2.24, 2.45) is 11.8 Å². The first-order chi connectivity index (χ1) is 17.0. The minimum Gasteiger partial charge on any atom is -0.477 e. The van der Waals surface area contributed by atoms with Crippen molar-refractivity contribution in [3.05, 3.63) is 33.1 Å². The Bertz CT molecular complexity index is 1070. The van der Waals surface area contributed by atoms with Crippen molar-refractivity contribution in [1.29, 1.82) is 0 Å². The molecule has 1 amide bonds. The number of nitrogens with zero attached hydrogens (tertiary/aromatic N) is 3. The minimum atomic E-state index is -0.973. The van der Waals surface area contributed by atoms with Crippen LogP contribution >= 0.6 is 22.9 Å². The molecule has 4 rings (SSSR count). The average Bonchev–Trinajstić information content (AvgIpc) is 3.28. The molecule has 2 aliphatic carbocycles. The van der Waals surface area contributed by atoms with E-state index in [1.54, 1.807) is 12.1 Å². The largest absolute Gasteiger partial charge is 0.477 e. The molecule has 36 heavy (non-hydrogen) atoms. The molecule has 0 unspecified atom stereocenters. The summed E-state index contributed by atoms with van der Waals surface area (Å²) < 4.78 is 6.02. The van der Waals surface area contributed by atoms with Gasteiger partial charge < -0.3 is 14.7 Å². The van der Waals surface area contributed by atoms with E-state index in [1.807, 2.05) is 11.0 Å². The molecule has 9 heteroatoms. The maximum atomic E-state index is 14.0. The van der Waals surface area contributed by atoms with E-state index < -0.39 is 5.97 Å². The molecule has 0 radical (unpaired) electrons. The Morgan fingerprint density at radius 2 is 1.72 bits per heavy atom. The first-order valence-corrected chi connectivity index (χ1v) is 14.1. The molecule has 1 N–H and O–H groups in total. The second kappa shape index (κ2) is 11.1. The van der Waals surface area contributed by atoms with E-state index in [1.165, 1.54) is 11.3 Å². The van der Waals surface area contributed by atoms with Crippen LogP contribution in [-0.2, 0) is 10.2 Å². The van der Waals surface area contributed by atoms with Crippen LogP contribution in [0.3, 0.4) is 0 Å². The van der Waals surface area contributed by atoms with Gasteiger partial charge in [-0.05, 0) is 74.8 Å². The van der Waals surface area contributed by atoms with Crippen molar-refractivity contribution in [2.75, 3.05) is 4.90 Å². The summed E-state index contributed by atoms with van der Waals surface area (Å²) in [5, 5.41) is 18.2. The van der Waals surface area contributed by atoms with Crippen molar-refractivity contribution in [2.45, 2.75) is 96.6 Å². The number of carboxylic acid groups (broad SMARTS) is 1. The van der Waals surface area contributed by atoms with E-state index in [-0.39, 0.29) is 34.3 Å². The maximum absolute atomic E-state index is 14.0. The Kier molecular flexibility index (Phi) is 8.25. The molecule has 2 aliphatic rings. The van der Waals surface area contributed by atoms with Crippen LogP contribution in [-0.4, -0.2) is 39.3 Å². The molecule has 196 valence electrons. The first-order valence-electron chi connectivity index (χ1n) is 12.9. The van der Waals surface area contributed by atoms with E-state index in [2.05, 4.69) is 37.9 Å². The summed E-state index contributed by atoms with van der Waals surface area (Å²) in [4.78, 5) is 29.4. The van der Waals surface area contributed by atoms with E-state index in [0.717, 1.165) is 56.2 Å². The van der Waals surface area contributed by atoms with Crippen LogP contribution in [0.2, 0.25) is 5.15 Å². The second-order valence-corrected chi connectivity index (χ2v) is 12.7. The van der Waals surface area contributed by atoms with Gasteiger partial charge >= 0.3 is 5.97 Å². The normalized spacial score (nSPS) is 24.8. The van der Waals surface area contributed by atoms with E-state index in [9.17, 15) is 14.7 Å². The highest BCUT2D eigenvalue weighted by Gasteiger charge is 2.38. The van der Waals surface area contributed by atoms with Gasteiger partial charge in [-0.15, -0.1) is 21.5 Å². The highest BCUT2D eigenvalue weighted by molar-refractivity contribution is 7.14. The van der Waals surface area contributed by atoms with Crippen molar-refractivity contribution >= 4 is 40.5 Å². The summed E-state index contributed by atoms with van der Waals surface area (Å²) in [6.45, 7) is 8.46. The molecule has 2 heterocycles. The maximum Gasteiger partial charge on any atom is 0.348 e. The van der Waals surface area contributed by atoms with Crippen molar-refractivity contribution < 1.29 is 19.4 Å². The van der Waals surface area contributed by atoms with Crippen LogP contribution in [0, 0.1) is 11.8 Å². The fraction of sp³-hybridized carbons (Fsp3) is 0.630. The lowest BCUT2D eigenvalue weighted by molar-refractivity contribution is -0.124. The van der Waals surface area contributed by atoms with Crippen molar-refractivity contribution in [3.8, 4) is 5.88 Å². The Morgan fingerprint density at radius 1 is 1.06 bits per heavy atom. The van der Waals surface area contributed by atoms with Crippen LogP contribution in [0.1, 0.15) is 93.6 Å². The molecule has 0 spiro atoms. The van der Waals surface area contributed by atoms with Gasteiger partial charge in [-0.25, -0.2) is 4.79 Å². The van der Waals surface area contributed by atoms with Gasteiger partial charge in [0.15, 0.2) is 5.15 Å². The summed E-state index contributed by atoms with van der Waals surface area (Å²) in [5.41, 5.74) is 0.363. The summed E-state index contributed by atoms with van der Waals surface area (Å²) in [6, 6.07) is 5.24. The predicted molar refractivity (Wildman–Crippen MR) is 142 cm³/mol. The van der Waals surface area contributed by atoms with Crippen molar-refractivity contribution in [3.63, 3.8) is 0 Å². The summed E-state index contributed by atoms with van der Waals surface area (Å²) in [6.07, 6.45) is 6.74. The van der Waals surface area contributed by atoms with Gasteiger partial charge in [0.1, 0.15) is 11.0 Å². The predicted octanol–water partition coefficient (Wildman–Crippen LogP) is 6.74. The van der Waals surface area contributed by atoms with Gasteiger partial charge in [0.05, 0.1) is 5.69 Å². The number of hydrogen-bond acceptors (Lipinski definition) is 6. The topological polar surface area (TPSA) is 92.6 Å². The lowest BCUT2D eigenvalue weighted by Crippen LogP contribution is -2.47. The Hall–Kier alpha value is -2.19. The number of carbonyl (C=O) groups excluding carboxylic acids is 1. The van der Waals surface area contributed by atoms with Gasteiger partial charge in [-0.1, -0.05) is 39.3 Å². The van der Waals surface area contributed by atoms with Crippen LogP contribution in [0.4, 0.5) is 5.69 Å². The van der Waals surface area contributed by atoms with Gasteiger partial charge in [0, 0.05) is 22.9 Å². The molecule has 0 aliphatic heterocycles. The molecule has 0 saturated heterocycles. The molecule has 0 atom stereocenters. The number of amides is 1. The van der Waals surface area contributed by atoms with E-state index >= 15 is 0 Å². The molecule has 2 fully saturated rings. The standard InChI is InChI=1S/C27H36ClN3O4S/c1-16-5-7-17(8-6-16)25(32)31(20-15-21(27(2,3)4)36-24(20)26(33)34)18-9-11-19(12-10-18)35-23-14-13-22(28)29-30-23/h13-19H,5-12H2,1-4H3,(H,33,34). The zero-order valence-electron chi connectivity index (χ0n) is 21.5. The molecular formula is C27H36ClN3O4S. The molecule has 2 aromatic heterocycles. The number of rotatable bonds is 6. The van der Waals surface area contributed by atoms with E-state index in [4.69, 9.17) is 16.3 Å². The van der Waals surface area contributed by atoms with E-state index in [0.29, 0.717) is 22.6 Å². The number of aromatic nitrogens is 2. The Labute approximate surface area is 222 Å². The fourth-order valence-corrected chi connectivity index (χ4v) is 6.39. The monoisotopic (exact) mass is 533 g/mol. The average molecular weight is 534 g/mol. The highest BCUT2D eigenvalue weighted by atomic mass is 35.5. The smallest absolute Gasteiger partial charge is 0.348 e. The van der Waals surface area contributed by atoms with Gasteiger partial charge in [0.25, 0.3) is 0 Å². The summed E-state index contributed by atoms with van der Waals surface area (Å²) in [7, 11) is 0. The third-order valence-corrected chi connectivity index (χ3v) is 9.15. The quantitative estimate of drug-likeness (QED) is 0.442. The van der Waals surface area contributed by atoms with Gasteiger partial charge in [-0.2, -0.15) is 0 Å². The van der Waals surface area contributed by atoms with Gasteiger partial charge in [0.2, 0.25) is 11.8 Å². The Balaban J connectivity index is 1.59. The first kappa shape index (κ1) is 26.9. The molecule has 0 bridgehead atoms. The number of carbonyl (C=O) groups is 2. The highest BCUT2D eigenvalue weighted by Crippen LogP contribution is 2.42. The summed E-state index contributed by atoms with van der Waals surface area (Å²) >= 11 is 7.12. The number of carboxylic acids is 1. The number of ether oxygens (including phenoxy) is 1. The van der Waals surface area contributed by atoms with Crippen LogP contribution < -0.4 is 9.64 Å². The number of halogens is 1. The molecule has 2 saturated carbocycles. The Morgan fingerprint density at radius 3 is 2.28 bits per heavy atom. The molecule has 0 aromatic carbocycles. The molecule has 7 nitrogen and oxygen atoms in total. The number of hydrogen-bond donors (Lipinski definition) is 1. The lowest BCUT2D eigenvalue weighted by atomic mass is 9.81. The number of thiophene rings is 1. The van der Waals surface area contributed by atoms with Crippen LogP contribution in [0.25, 0.3) is 0 Å². The third-order valence-electron chi connectivity index (χ3n) is 7.41. The minimum absolute atomic E-state index is 0.0317. The number of aromatic carboxylic acids is 1. The van der Waals surface area contributed by atoms with Gasteiger partial charge in [-0.3, -0.25) is 4.79 Å². The lowest BCUT2D eigenvalue weighted by Gasteiger charge is -2.39. The zero-order valence-corrected chi connectivity index (χ0v) is 23.1. The second-order valence-electron chi connectivity index (χ2n) is 11.3. The number of anilines is 1. The fourth-order valence-electron chi connectivity index (χ4n) is 5.24. The molecule has 2 aromatic rings. The molecular weight excluding hydrogens is 498 g/mol. The van der Waals surface area contributed by atoms with Crippen LogP contribution in [0.15, 0.2) is 18.2 Å². The third kappa shape index (κ3) is 6.20. The van der Waals surface area contributed by atoms with Crippen molar-refractivity contribution in [1.82, 2.24) is 10.2 Å². The zero-order chi connectivity index (χ0) is 26.0. The van der Waals surface area contributed by atoms with Crippen LogP contribution in [0.5, 0.6) is 5.88 Å².